The zero-order chi connectivity index (χ0) is 13.8. The number of ketones is 1. The zero-order valence-electron chi connectivity index (χ0n) is 10.2. The van der Waals surface area contributed by atoms with Gasteiger partial charge < -0.3 is 4.74 Å². The molecule has 1 rings (SSSR count). The maximum absolute atomic E-state index is 14.7. The van der Waals surface area contributed by atoms with Gasteiger partial charge in [-0.3, -0.25) is 4.79 Å². The normalized spacial score (nSPS) is 15.6. The van der Waals surface area contributed by atoms with Gasteiger partial charge in [-0.05, 0) is 12.5 Å². The van der Waals surface area contributed by atoms with Crippen LogP contribution in [0, 0.1) is 0 Å². The summed E-state index contributed by atoms with van der Waals surface area (Å²) in [5, 5.41) is 0. The highest BCUT2D eigenvalue weighted by Crippen LogP contribution is 2.36. The molecule has 1 aromatic carbocycles. The number of benzene rings is 1. The molecule has 0 aliphatic carbocycles. The van der Waals surface area contributed by atoms with Gasteiger partial charge in [-0.15, -0.1) is 0 Å². The standard InChI is InChI=1S/C13H14F2O3/c1-9(16)8-13(15,11(14)12(17)18-2)10-6-4-3-5-7-10/h3-7,11H,8H2,1-2H3. The van der Waals surface area contributed by atoms with E-state index in [4.69, 9.17) is 0 Å². The van der Waals surface area contributed by atoms with Crippen molar-refractivity contribution in [1.82, 2.24) is 0 Å². The van der Waals surface area contributed by atoms with Crippen molar-refractivity contribution >= 4 is 11.8 Å². The van der Waals surface area contributed by atoms with Crippen LogP contribution in [-0.2, 0) is 20.0 Å². The van der Waals surface area contributed by atoms with Crippen LogP contribution in [0.5, 0.6) is 0 Å². The smallest absolute Gasteiger partial charge is 0.344 e. The van der Waals surface area contributed by atoms with Crippen molar-refractivity contribution < 1.29 is 23.1 Å². The van der Waals surface area contributed by atoms with Gasteiger partial charge in [0.05, 0.1) is 7.11 Å². The maximum Gasteiger partial charge on any atom is 0.344 e. The Kier molecular flexibility index (Phi) is 4.53. The number of alkyl halides is 2. The number of methoxy groups -OCH3 is 1. The highest BCUT2D eigenvalue weighted by atomic mass is 19.2. The third kappa shape index (κ3) is 2.91. The van der Waals surface area contributed by atoms with E-state index < -0.39 is 30.0 Å². The summed E-state index contributed by atoms with van der Waals surface area (Å²) in [7, 11) is 0.966. The Bertz CT molecular complexity index is 433. The van der Waals surface area contributed by atoms with Gasteiger partial charge in [0.1, 0.15) is 5.78 Å². The van der Waals surface area contributed by atoms with Crippen LogP contribution in [0.15, 0.2) is 30.3 Å². The fourth-order valence-corrected chi connectivity index (χ4v) is 1.71. The number of halogens is 2. The van der Waals surface area contributed by atoms with E-state index in [1.54, 1.807) is 6.07 Å². The van der Waals surface area contributed by atoms with Gasteiger partial charge in [-0.2, -0.15) is 0 Å². The minimum Gasteiger partial charge on any atom is -0.467 e. The Labute approximate surface area is 104 Å². The summed E-state index contributed by atoms with van der Waals surface area (Å²) < 4.78 is 32.8. The Morgan fingerprint density at radius 2 is 1.89 bits per heavy atom. The van der Waals surface area contributed by atoms with Crippen LogP contribution < -0.4 is 0 Å². The third-order valence-electron chi connectivity index (χ3n) is 2.57. The summed E-state index contributed by atoms with van der Waals surface area (Å²) in [6.07, 6.45) is -3.25. The number of ether oxygens (including phenoxy) is 1. The average Bonchev–Trinajstić information content (AvgIpc) is 2.37. The predicted octanol–water partition coefficient (Wildman–Crippen LogP) is 2.34. The molecule has 0 saturated heterocycles. The van der Waals surface area contributed by atoms with Gasteiger partial charge in [0, 0.05) is 6.42 Å². The molecule has 2 atom stereocenters. The van der Waals surface area contributed by atoms with E-state index in [0.29, 0.717) is 0 Å². The summed E-state index contributed by atoms with van der Waals surface area (Å²) in [4.78, 5) is 22.3. The number of esters is 1. The van der Waals surface area contributed by atoms with Crippen molar-refractivity contribution in [2.45, 2.75) is 25.2 Å². The van der Waals surface area contributed by atoms with E-state index in [2.05, 4.69) is 4.74 Å². The molecule has 0 fully saturated rings. The molecule has 18 heavy (non-hydrogen) atoms. The molecule has 0 bridgehead atoms. The molecular weight excluding hydrogens is 242 g/mol. The monoisotopic (exact) mass is 256 g/mol. The SMILES string of the molecule is COC(=O)C(F)C(F)(CC(C)=O)c1ccccc1. The number of rotatable bonds is 5. The van der Waals surface area contributed by atoms with Crippen molar-refractivity contribution in [3.05, 3.63) is 35.9 Å². The first-order valence-corrected chi connectivity index (χ1v) is 5.37. The van der Waals surface area contributed by atoms with Crippen molar-refractivity contribution in [3.8, 4) is 0 Å². The Morgan fingerprint density at radius 3 is 2.33 bits per heavy atom. The summed E-state index contributed by atoms with van der Waals surface area (Å²) in [5.41, 5.74) is -2.75. The Morgan fingerprint density at radius 1 is 1.33 bits per heavy atom. The summed E-state index contributed by atoms with van der Waals surface area (Å²) in [6, 6.07) is 7.31. The molecule has 1 aromatic rings. The van der Waals surface area contributed by atoms with Gasteiger partial charge in [0.25, 0.3) is 0 Å². The molecule has 0 aliphatic rings. The van der Waals surface area contributed by atoms with Crippen LogP contribution in [0.25, 0.3) is 0 Å². The van der Waals surface area contributed by atoms with Gasteiger partial charge >= 0.3 is 5.97 Å². The number of carbonyl (C=O) groups is 2. The number of hydrogen-bond acceptors (Lipinski definition) is 3. The van der Waals surface area contributed by atoms with Crippen molar-refractivity contribution in [2.75, 3.05) is 7.11 Å². The summed E-state index contributed by atoms with van der Waals surface area (Å²) in [5.74, 6) is -1.88. The fraction of sp³-hybridized carbons (Fsp3) is 0.385. The molecule has 0 saturated carbocycles. The zero-order valence-corrected chi connectivity index (χ0v) is 10.2. The quantitative estimate of drug-likeness (QED) is 0.759. The van der Waals surface area contributed by atoms with Crippen LogP contribution in [0.3, 0.4) is 0 Å². The van der Waals surface area contributed by atoms with E-state index >= 15 is 0 Å². The first kappa shape index (κ1) is 14.3. The molecule has 0 heterocycles. The van der Waals surface area contributed by atoms with Gasteiger partial charge in [-0.25, -0.2) is 13.6 Å². The third-order valence-corrected chi connectivity index (χ3v) is 2.57. The van der Waals surface area contributed by atoms with Crippen LogP contribution in [0.2, 0.25) is 0 Å². The number of carbonyl (C=O) groups excluding carboxylic acids is 2. The second-order valence-electron chi connectivity index (χ2n) is 3.99. The molecule has 0 aromatic heterocycles. The van der Waals surface area contributed by atoms with Crippen LogP contribution in [-0.4, -0.2) is 25.0 Å². The molecule has 0 N–H and O–H groups in total. The minimum absolute atomic E-state index is 0.0573. The van der Waals surface area contributed by atoms with Crippen molar-refractivity contribution in [3.63, 3.8) is 0 Å². The lowest BCUT2D eigenvalue weighted by Gasteiger charge is -2.26. The van der Waals surface area contributed by atoms with Crippen LogP contribution in [0.1, 0.15) is 18.9 Å². The highest BCUT2D eigenvalue weighted by molar-refractivity contribution is 5.81. The summed E-state index contributed by atoms with van der Waals surface area (Å²) in [6.45, 7) is 1.14. The number of Topliss-reactive ketones (excluding diaryl/α,β-unsaturated/α-hetero) is 1. The molecule has 0 amide bonds. The molecule has 5 heteroatoms. The van der Waals surface area contributed by atoms with Gasteiger partial charge in [0.15, 0.2) is 5.67 Å². The lowest BCUT2D eigenvalue weighted by Crippen LogP contribution is -2.40. The van der Waals surface area contributed by atoms with Gasteiger partial charge in [0.2, 0.25) is 6.17 Å². The molecular formula is C13H14F2O3. The topological polar surface area (TPSA) is 43.4 Å². The first-order valence-electron chi connectivity index (χ1n) is 5.37. The average molecular weight is 256 g/mol. The van der Waals surface area contributed by atoms with E-state index in [1.165, 1.54) is 24.3 Å². The molecule has 0 aliphatic heterocycles. The fourth-order valence-electron chi connectivity index (χ4n) is 1.71. The second kappa shape index (κ2) is 5.71. The lowest BCUT2D eigenvalue weighted by molar-refractivity contribution is -0.154. The minimum atomic E-state index is -2.69. The van der Waals surface area contributed by atoms with Crippen LogP contribution >= 0.6 is 0 Å². The Hall–Kier alpha value is -1.78. The Balaban J connectivity index is 3.18. The number of hydrogen-bond donors (Lipinski definition) is 0. The lowest BCUT2D eigenvalue weighted by atomic mass is 9.86. The van der Waals surface area contributed by atoms with E-state index in [9.17, 15) is 18.4 Å². The van der Waals surface area contributed by atoms with Crippen molar-refractivity contribution in [1.29, 1.82) is 0 Å². The van der Waals surface area contributed by atoms with E-state index in [0.717, 1.165) is 14.0 Å². The predicted molar refractivity (Wildman–Crippen MR) is 61.4 cm³/mol. The highest BCUT2D eigenvalue weighted by Gasteiger charge is 2.47. The van der Waals surface area contributed by atoms with Gasteiger partial charge in [-0.1, -0.05) is 30.3 Å². The second-order valence-corrected chi connectivity index (χ2v) is 3.99. The van der Waals surface area contributed by atoms with E-state index in [1.807, 2.05) is 0 Å². The molecule has 2 unspecified atom stereocenters. The molecule has 3 nitrogen and oxygen atoms in total. The summed E-state index contributed by atoms with van der Waals surface area (Å²) >= 11 is 0. The molecule has 98 valence electrons. The molecule has 0 radical (unpaired) electrons. The first-order chi connectivity index (χ1) is 8.41. The maximum atomic E-state index is 14.7. The largest absolute Gasteiger partial charge is 0.467 e. The van der Waals surface area contributed by atoms with Crippen LogP contribution in [0.4, 0.5) is 8.78 Å². The van der Waals surface area contributed by atoms with E-state index in [-0.39, 0.29) is 5.56 Å². The van der Waals surface area contributed by atoms with Crippen molar-refractivity contribution in [2.24, 2.45) is 0 Å². The molecule has 0 spiro atoms.